The highest BCUT2D eigenvalue weighted by molar-refractivity contribution is 5.79. The van der Waals surface area contributed by atoms with Gasteiger partial charge in [-0.05, 0) is 52.3 Å². The molecule has 1 aromatic carbocycles. The molecule has 2 amide bonds. The molecule has 1 N–H and O–H groups in total. The number of piperazine rings is 1. The lowest BCUT2D eigenvalue weighted by Gasteiger charge is -2.37. The Balaban J connectivity index is 1.37. The first kappa shape index (κ1) is 23.5. The molecule has 7 nitrogen and oxygen atoms in total. The molecule has 0 aliphatic carbocycles. The van der Waals surface area contributed by atoms with Gasteiger partial charge in [0.2, 0.25) is 11.8 Å². The maximum atomic E-state index is 12.8. The van der Waals surface area contributed by atoms with Crippen molar-refractivity contribution >= 4 is 11.8 Å². The van der Waals surface area contributed by atoms with Crippen LogP contribution in [0.2, 0.25) is 0 Å². The van der Waals surface area contributed by atoms with Gasteiger partial charge in [-0.2, -0.15) is 0 Å². The van der Waals surface area contributed by atoms with Crippen LogP contribution in [0.25, 0.3) is 0 Å². The molecule has 2 aliphatic heterocycles. The Bertz CT molecular complexity index is 711. The van der Waals surface area contributed by atoms with Gasteiger partial charge >= 0.3 is 0 Å². The Labute approximate surface area is 186 Å². The van der Waals surface area contributed by atoms with E-state index in [-0.39, 0.29) is 17.4 Å². The Hall–Kier alpha value is -2.12. The Morgan fingerprint density at radius 3 is 2.39 bits per heavy atom. The van der Waals surface area contributed by atoms with Crippen molar-refractivity contribution in [3.63, 3.8) is 0 Å². The number of benzene rings is 1. The molecule has 0 spiro atoms. The molecular formula is C24H38N4O3. The van der Waals surface area contributed by atoms with Crippen LogP contribution in [0.4, 0.5) is 0 Å². The lowest BCUT2D eigenvalue weighted by Crippen LogP contribution is -2.54. The van der Waals surface area contributed by atoms with Crippen LogP contribution in [0.3, 0.4) is 0 Å². The van der Waals surface area contributed by atoms with Crippen molar-refractivity contribution in [1.29, 1.82) is 0 Å². The summed E-state index contributed by atoms with van der Waals surface area (Å²) in [7, 11) is 0. The summed E-state index contributed by atoms with van der Waals surface area (Å²) in [5.74, 6) is 1.61. The minimum Gasteiger partial charge on any atom is -0.493 e. The van der Waals surface area contributed by atoms with E-state index in [0.717, 1.165) is 44.8 Å². The fraction of sp³-hybridized carbons (Fsp3) is 0.667. The van der Waals surface area contributed by atoms with Gasteiger partial charge < -0.3 is 15.0 Å². The topological polar surface area (TPSA) is 65.1 Å². The Morgan fingerprint density at radius 1 is 1.00 bits per heavy atom. The number of nitrogens with zero attached hydrogens (tertiary/aromatic N) is 3. The first-order chi connectivity index (χ1) is 14.8. The monoisotopic (exact) mass is 430 g/mol. The van der Waals surface area contributed by atoms with Crippen molar-refractivity contribution in [3.8, 4) is 5.75 Å². The van der Waals surface area contributed by atoms with Crippen molar-refractivity contribution < 1.29 is 14.3 Å². The summed E-state index contributed by atoms with van der Waals surface area (Å²) >= 11 is 0. The van der Waals surface area contributed by atoms with E-state index in [0.29, 0.717) is 38.7 Å². The number of hydrogen-bond donors (Lipinski definition) is 1. The van der Waals surface area contributed by atoms with E-state index in [1.165, 1.54) is 0 Å². The van der Waals surface area contributed by atoms with E-state index in [2.05, 4.69) is 15.1 Å². The van der Waals surface area contributed by atoms with Crippen molar-refractivity contribution in [2.75, 3.05) is 59.0 Å². The van der Waals surface area contributed by atoms with Gasteiger partial charge in [-0.25, -0.2) is 0 Å². The van der Waals surface area contributed by atoms with E-state index >= 15 is 0 Å². The highest BCUT2D eigenvalue weighted by Gasteiger charge is 2.27. The number of carbonyl (C=O) groups excluding carboxylic acids is 2. The highest BCUT2D eigenvalue weighted by Crippen LogP contribution is 2.19. The molecule has 0 bridgehead atoms. The third-order valence-corrected chi connectivity index (χ3v) is 5.80. The predicted octanol–water partition coefficient (Wildman–Crippen LogP) is 1.84. The molecule has 0 saturated carbocycles. The van der Waals surface area contributed by atoms with Crippen molar-refractivity contribution in [2.24, 2.45) is 5.92 Å². The van der Waals surface area contributed by atoms with Crippen LogP contribution >= 0.6 is 0 Å². The maximum Gasteiger partial charge on any atom is 0.236 e. The zero-order valence-corrected chi connectivity index (χ0v) is 19.3. The van der Waals surface area contributed by atoms with Gasteiger partial charge in [-0.3, -0.25) is 19.4 Å². The summed E-state index contributed by atoms with van der Waals surface area (Å²) in [5.41, 5.74) is -0.215. The zero-order valence-electron chi connectivity index (χ0n) is 19.3. The fourth-order valence-corrected chi connectivity index (χ4v) is 4.27. The number of amides is 2. The summed E-state index contributed by atoms with van der Waals surface area (Å²) in [5, 5.41) is 3.00. The second kappa shape index (κ2) is 11.0. The molecule has 7 heteroatoms. The number of rotatable bonds is 7. The summed E-state index contributed by atoms with van der Waals surface area (Å²) in [6.07, 6.45) is 2.25. The fourth-order valence-electron chi connectivity index (χ4n) is 4.27. The molecular weight excluding hydrogens is 392 g/mol. The second-order valence-corrected chi connectivity index (χ2v) is 9.82. The average molecular weight is 431 g/mol. The van der Waals surface area contributed by atoms with Crippen LogP contribution in [0.15, 0.2) is 30.3 Å². The van der Waals surface area contributed by atoms with Gasteiger partial charge in [0.25, 0.3) is 0 Å². The van der Waals surface area contributed by atoms with Gasteiger partial charge in [0, 0.05) is 44.2 Å². The summed E-state index contributed by atoms with van der Waals surface area (Å²) in [6, 6.07) is 9.92. The smallest absolute Gasteiger partial charge is 0.236 e. The number of likely N-dealkylation sites (tertiary alicyclic amines) is 1. The number of carbonyl (C=O) groups is 2. The first-order valence-corrected chi connectivity index (χ1v) is 11.5. The van der Waals surface area contributed by atoms with Crippen LogP contribution < -0.4 is 10.1 Å². The number of nitrogens with one attached hydrogen (secondary N) is 1. The van der Waals surface area contributed by atoms with Gasteiger partial charge in [0.05, 0.1) is 19.7 Å². The van der Waals surface area contributed by atoms with Gasteiger partial charge in [0.1, 0.15) is 5.75 Å². The quantitative estimate of drug-likeness (QED) is 0.715. The third kappa shape index (κ3) is 8.15. The average Bonchev–Trinajstić information content (AvgIpc) is 2.72. The molecule has 31 heavy (non-hydrogen) atoms. The summed E-state index contributed by atoms with van der Waals surface area (Å²) in [6.45, 7) is 12.3. The van der Waals surface area contributed by atoms with Crippen LogP contribution in [-0.2, 0) is 9.59 Å². The van der Waals surface area contributed by atoms with E-state index in [1.54, 1.807) is 0 Å². The molecule has 2 aliphatic rings. The zero-order chi connectivity index (χ0) is 22.3. The molecule has 1 aromatic rings. The first-order valence-electron chi connectivity index (χ1n) is 11.5. The van der Waals surface area contributed by atoms with E-state index in [9.17, 15) is 9.59 Å². The van der Waals surface area contributed by atoms with Crippen molar-refractivity contribution in [3.05, 3.63) is 30.3 Å². The van der Waals surface area contributed by atoms with Crippen LogP contribution in [0, 0.1) is 5.92 Å². The van der Waals surface area contributed by atoms with Gasteiger partial charge in [-0.1, -0.05) is 18.2 Å². The Morgan fingerprint density at radius 2 is 1.71 bits per heavy atom. The molecule has 172 valence electrons. The standard InChI is InChI=1S/C24H38N4O3/c1-24(2,3)25-22(29)17-26-12-14-28(15-13-26)23(30)18-27-11-7-8-20(16-27)19-31-21-9-5-4-6-10-21/h4-6,9-10,20H,7-8,11-19H2,1-3H3,(H,25,29). The molecule has 3 rings (SSSR count). The number of piperidine rings is 1. The highest BCUT2D eigenvalue weighted by atomic mass is 16.5. The molecule has 0 aromatic heterocycles. The summed E-state index contributed by atoms with van der Waals surface area (Å²) < 4.78 is 5.93. The maximum absolute atomic E-state index is 12.8. The number of hydrogen-bond acceptors (Lipinski definition) is 5. The lowest BCUT2D eigenvalue weighted by atomic mass is 9.99. The molecule has 0 radical (unpaired) electrons. The molecule has 1 unspecified atom stereocenters. The second-order valence-electron chi connectivity index (χ2n) is 9.82. The van der Waals surface area contributed by atoms with Gasteiger partial charge in [0.15, 0.2) is 0 Å². The van der Waals surface area contributed by atoms with E-state index < -0.39 is 0 Å². The Kier molecular flexibility index (Phi) is 8.32. The van der Waals surface area contributed by atoms with Crippen molar-refractivity contribution in [1.82, 2.24) is 20.0 Å². The third-order valence-electron chi connectivity index (χ3n) is 5.80. The minimum absolute atomic E-state index is 0.0457. The molecule has 1 atom stereocenters. The minimum atomic E-state index is -0.215. The largest absolute Gasteiger partial charge is 0.493 e. The van der Waals surface area contributed by atoms with Crippen LogP contribution in [0.5, 0.6) is 5.75 Å². The van der Waals surface area contributed by atoms with Crippen LogP contribution in [0.1, 0.15) is 33.6 Å². The lowest BCUT2D eigenvalue weighted by molar-refractivity contribution is -0.135. The SMILES string of the molecule is CC(C)(C)NC(=O)CN1CCN(C(=O)CN2CCCC(COc3ccccc3)C2)CC1. The van der Waals surface area contributed by atoms with E-state index in [1.807, 2.05) is 56.0 Å². The van der Waals surface area contributed by atoms with E-state index in [4.69, 9.17) is 4.74 Å². The molecule has 2 fully saturated rings. The normalized spacial score (nSPS) is 21.0. The molecule has 2 heterocycles. The number of ether oxygens (including phenoxy) is 1. The van der Waals surface area contributed by atoms with Crippen molar-refractivity contribution in [2.45, 2.75) is 39.2 Å². The predicted molar refractivity (Wildman–Crippen MR) is 122 cm³/mol. The van der Waals surface area contributed by atoms with Gasteiger partial charge in [-0.15, -0.1) is 0 Å². The summed E-state index contributed by atoms with van der Waals surface area (Å²) in [4.78, 5) is 31.3. The number of para-hydroxylation sites is 1. The van der Waals surface area contributed by atoms with Crippen LogP contribution in [-0.4, -0.2) is 91.0 Å². The molecule has 2 saturated heterocycles.